The number of aryl methyl sites for hydroxylation is 1. The molecular formula is C14H16ClNO3. The van der Waals surface area contributed by atoms with Gasteiger partial charge in [-0.3, -0.25) is 9.59 Å². The molecule has 0 bridgehead atoms. The molecule has 0 spiro atoms. The molecule has 0 aromatic heterocycles. The summed E-state index contributed by atoms with van der Waals surface area (Å²) >= 11 is 6.16. The average Bonchev–Trinajstić information content (AvgIpc) is 2.84. The van der Waals surface area contributed by atoms with Gasteiger partial charge >= 0.3 is 5.97 Å². The molecule has 5 heteroatoms. The van der Waals surface area contributed by atoms with Gasteiger partial charge in [0.25, 0.3) is 0 Å². The van der Waals surface area contributed by atoms with Crippen LogP contribution in [0, 0.1) is 12.8 Å². The molecule has 19 heavy (non-hydrogen) atoms. The molecule has 1 aliphatic rings. The highest BCUT2D eigenvalue weighted by molar-refractivity contribution is 6.32. The maximum atomic E-state index is 12.1. The number of likely N-dealkylation sites (tertiary alicyclic amines) is 1. The van der Waals surface area contributed by atoms with Gasteiger partial charge in [-0.1, -0.05) is 29.8 Å². The van der Waals surface area contributed by atoms with Crippen LogP contribution in [-0.2, 0) is 16.0 Å². The van der Waals surface area contributed by atoms with E-state index in [1.807, 2.05) is 25.1 Å². The zero-order valence-electron chi connectivity index (χ0n) is 10.7. The summed E-state index contributed by atoms with van der Waals surface area (Å²) in [6.45, 7) is 2.71. The number of hydrogen-bond donors (Lipinski definition) is 1. The Kier molecular flexibility index (Phi) is 4.10. The van der Waals surface area contributed by atoms with Crippen molar-refractivity contribution >= 4 is 23.5 Å². The van der Waals surface area contributed by atoms with Crippen LogP contribution < -0.4 is 0 Å². The summed E-state index contributed by atoms with van der Waals surface area (Å²) in [5.41, 5.74) is 1.74. The smallest absolute Gasteiger partial charge is 0.308 e. The minimum absolute atomic E-state index is 0.0590. The molecule has 2 rings (SSSR count). The number of halogens is 1. The van der Waals surface area contributed by atoms with Crippen molar-refractivity contribution in [3.63, 3.8) is 0 Å². The van der Waals surface area contributed by atoms with Crippen LogP contribution in [0.4, 0.5) is 0 Å². The summed E-state index contributed by atoms with van der Waals surface area (Å²) in [6.07, 6.45) is 0.759. The Balaban J connectivity index is 2.02. The average molecular weight is 282 g/mol. The minimum Gasteiger partial charge on any atom is -0.481 e. The molecule has 1 atom stereocenters. The number of benzene rings is 1. The molecule has 0 saturated carbocycles. The zero-order valence-corrected chi connectivity index (χ0v) is 11.5. The van der Waals surface area contributed by atoms with Crippen LogP contribution in [0.2, 0.25) is 5.02 Å². The molecule has 1 heterocycles. The van der Waals surface area contributed by atoms with Crippen molar-refractivity contribution in [2.45, 2.75) is 19.8 Å². The van der Waals surface area contributed by atoms with Crippen LogP contribution in [0.1, 0.15) is 17.5 Å². The predicted octanol–water partition coefficient (Wildman–Crippen LogP) is 2.12. The summed E-state index contributed by atoms with van der Waals surface area (Å²) in [5.74, 6) is -1.32. The first-order chi connectivity index (χ1) is 8.99. The minimum atomic E-state index is -0.830. The number of carbonyl (C=O) groups is 2. The molecule has 4 nitrogen and oxygen atoms in total. The van der Waals surface area contributed by atoms with Gasteiger partial charge in [0.1, 0.15) is 0 Å². The predicted molar refractivity (Wildman–Crippen MR) is 72.2 cm³/mol. The van der Waals surface area contributed by atoms with Crippen LogP contribution in [0.3, 0.4) is 0 Å². The number of aliphatic carboxylic acids is 1. The van der Waals surface area contributed by atoms with E-state index in [1.54, 1.807) is 4.90 Å². The molecule has 1 aromatic rings. The lowest BCUT2D eigenvalue weighted by Crippen LogP contribution is -2.31. The van der Waals surface area contributed by atoms with Crippen molar-refractivity contribution in [2.24, 2.45) is 5.92 Å². The molecule has 0 aliphatic carbocycles. The van der Waals surface area contributed by atoms with Crippen LogP contribution in [0.5, 0.6) is 0 Å². The van der Waals surface area contributed by atoms with E-state index in [0.717, 1.165) is 11.1 Å². The number of carboxylic acids is 1. The first kappa shape index (κ1) is 13.9. The first-order valence-corrected chi connectivity index (χ1v) is 6.61. The molecular weight excluding hydrogens is 266 g/mol. The van der Waals surface area contributed by atoms with E-state index in [0.29, 0.717) is 24.5 Å². The number of carbonyl (C=O) groups excluding carboxylic acids is 1. The van der Waals surface area contributed by atoms with Crippen molar-refractivity contribution in [1.82, 2.24) is 4.90 Å². The summed E-state index contributed by atoms with van der Waals surface area (Å²) in [4.78, 5) is 24.6. The Hall–Kier alpha value is -1.55. The fourth-order valence-electron chi connectivity index (χ4n) is 2.31. The van der Waals surface area contributed by atoms with Gasteiger partial charge in [-0.25, -0.2) is 0 Å². The highest BCUT2D eigenvalue weighted by atomic mass is 35.5. The topological polar surface area (TPSA) is 57.6 Å². The largest absolute Gasteiger partial charge is 0.481 e. The van der Waals surface area contributed by atoms with Crippen molar-refractivity contribution in [3.8, 4) is 0 Å². The molecule has 1 saturated heterocycles. The third kappa shape index (κ3) is 3.07. The van der Waals surface area contributed by atoms with Crippen LogP contribution in [0.15, 0.2) is 18.2 Å². The van der Waals surface area contributed by atoms with E-state index < -0.39 is 11.9 Å². The second kappa shape index (κ2) is 5.61. The molecule has 1 unspecified atom stereocenters. The van der Waals surface area contributed by atoms with Gasteiger partial charge in [0.15, 0.2) is 0 Å². The highest BCUT2D eigenvalue weighted by Gasteiger charge is 2.30. The summed E-state index contributed by atoms with van der Waals surface area (Å²) in [5, 5.41) is 9.54. The van der Waals surface area contributed by atoms with Crippen molar-refractivity contribution in [1.29, 1.82) is 0 Å². The molecule has 1 aliphatic heterocycles. The van der Waals surface area contributed by atoms with Gasteiger partial charge < -0.3 is 10.0 Å². The van der Waals surface area contributed by atoms with E-state index in [4.69, 9.17) is 16.7 Å². The van der Waals surface area contributed by atoms with Crippen LogP contribution >= 0.6 is 11.6 Å². The third-order valence-corrected chi connectivity index (χ3v) is 4.04. The zero-order chi connectivity index (χ0) is 14.0. The van der Waals surface area contributed by atoms with E-state index in [9.17, 15) is 9.59 Å². The molecule has 0 radical (unpaired) electrons. The standard InChI is InChI=1S/C14H16ClNO3/c1-9-3-2-4-10(13(9)15)7-12(17)16-6-5-11(8-16)14(18)19/h2-4,11H,5-8H2,1H3,(H,18,19). The molecule has 1 aromatic carbocycles. The Labute approximate surface area is 117 Å². The highest BCUT2D eigenvalue weighted by Crippen LogP contribution is 2.23. The lowest BCUT2D eigenvalue weighted by molar-refractivity contribution is -0.141. The van der Waals surface area contributed by atoms with Crippen molar-refractivity contribution in [3.05, 3.63) is 34.3 Å². The number of hydrogen-bond acceptors (Lipinski definition) is 2. The van der Waals surface area contributed by atoms with Crippen molar-refractivity contribution < 1.29 is 14.7 Å². The Morgan fingerprint density at radius 2 is 2.21 bits per heavy atom. The SMILES string of the molecule is Cc1cccc(CC(=O)N2CCC(C(=O)O)C2)c1Cl. The van der Waals surface area contributed by atoms with Gasteiger partial charge in [-0.2, -0.15) is 0 Å². The van der Waals surface area contributed by atoms with E-state index in [2.05, 4.69) is 0 Å². The normalized spacial score (nSPS) is 18.6. The second-order valence-electron chi connectivity index (χ2n) is 4.89. The number of amides is 1. The fraction of sp³-hybridized carbons (Fsp3) is 0.429. The lowest BCUT2D eigenvalue weighted by Gasteiger charge is -2.16. The maximum absolute atomic E-state index is 12.1. The quantitative estimate of drug-likeness (QED) is 0.923. The fourth-order valence-corrected chi connectivity index (χ4v) is 2.50. The van der Waals surface area contributed by atoms with Crippen LogP contribution in [-0.4, -0.2) is 35.0 Å². The summed E-state index contributed by atoms with van der Waals surface area (Å²) in [7, 11) is 0. The molecule has 1 fully saturated rings. The van der Waals surface area contributed by atoms with Gasteiger partial charge in [0, 0.05) is 18.1 Å². The Morgan fingerprint density at radius 3 is 2.84 bits per heavy atom. The number of carboxylic acid groups (broad SMARTS) is 1. The first-order valence-electron chi connectivity index (χ1n) is 6.23. The maximum Gasteiger partial charge on any atom is 0.308 e. The van der Waals surface area contributed by atoms with Gasteiger partial charge in [0.2, 0.25) is 5.91 Å². The lowest BCUT2D eigenvalue weighted by atomic mass is 10.1. The summed E-state index contributed by atoms with van der Waals surface area (Å²) < 4.78 is 0. The summed E-state index contributed by atoms with van der Waals surface area (Å²) in [6, 6.07) is 5.60. The number of rotatable bonds is 3. The van der Waals surface area contributed by atoms with E-state index in [-0.39, 0.29) is 12.3 Å². The molecule has 1 N–H and O–H groups in total. The molecule has 102 valence electrons. The Bertz CT molecular complexity index is 515. The Morgan fingerprint density at radius 1 is 1.47 bits per heavy atom. The van der Waals surface area contributed by atoms with Crippen molar-refractivity contribution in [2.75, 3.05) is 13.1 Å². The van der Waals surface area contributed by atoms with Gasteiger partial charge in [0.05, 0.1) is 12.3 Å². The second-order valence-corrected chi connectivity index (χ2v) is 5.27. The monoisotopic (exact) mass is 281 g/mol. The van der Waals surface area contributed by atoms with Gasteiger partial charge in [-0.05, 0) is 24.5 Å². The van der Waals surface area contributed by atoms with Crippen LogP contribution in [0.25, 0.3) is 0 Å². The molecule has 1 amide bonds. The third-order valence-electron chi connectivity index (χ3n) is 3.50. The van der Waals surface area contributed by atoms with E-state index in [1.165, 1.54) is 0 Å². The van der Waals surface area contributed by atoms with E-state index >= 15 is 0 Å². The number of nitrogens with zero attached hydrogens (tertiary/aromatic N) is 1. The van der Waals surface area contributed by atoms with Gasteiger partial charge in [-0.15, -0.1) is 0 Å².